The Morgan fingerprint density at radius 3 is 2.29 bits per heavy atom. The zero-order valence-electron chi connectivity index (χ0n) is 11.7. The lowest BCUT2D eigenvalue weighted by Crippen LogP contribution is -2.34. The molecule has 1 fully saturated rings. The summed E-state index contributed by atoms with van der Waals surface area (Å²) in [6.07, 6.45) is 4.40. The van der Waals surface area contributed by atoms with Gasteiger partial charge in [0.25, 0.3) is 0 Å². The summed E-state index contributed by atoms with van der Waals surface area (Å²) in [6.45, 7) is 1.56. The Kier molecular flexibility index (Phi) is 5.57. The molecule has 1 aliphatic rings. The number of aliphatic hydroxyl groups excluding tert-OH is 1. The van der Waals surface area contributed by atoms with E-state index in [9.17, 15) is 18.3 Å². The molecule has 0 aliphatic heterocycles. The summed E-state index contributed by atoms with van der Waals surface area (Å²) >= 11 is -0.0968. The summed E-state index contributed by atoms with van der Waals surface area (Å²) in [6, 6.07) is 6.40. The monoisotopic (exact) mass is 319 g/mol. The maximum absolute atomic E-state index is 12.2. The summed E-state index contributed by atoms with van der Waals surface area (Å²) in [5.41, 5.74) is -3.30. The van der Waals surface area contributed by atoms with Crippen LogP contribution in [0.15, 0.2) is 29.2 Å². The first-order chi connectivity index (χ1) is 9.92. The molecule has 0 radical (unpaired) electrons. The number of aliphatic hydroxyl groups is 1. The van der Waals surface area contributed by atoms with Crippen LogP contribution in [0.2, 0.25) is 0 Å². The van der Waals surface area contributed by atoms with Gasteiger partial charge in [0.1, 0.15) is 0 Å². The Balaban J connectivity index is 1.81. The fourth-order valence-corrected chi connectivity index (χ4v) is 3.34. The molecule has 1 saturated carbocycles. The molecule has 6 heteroatoms. The molecule has 2 nitrogen and oxygen atoms in total. The highest BCUT2D eigenvalue weighted by Gasteiger charge is 2.32. The van der Waals surface area contributed by atoms with Gasteiger partial charge >= 0.3 is 5.51 Å². The summed E-state index contributed by atoms with van der Waals surface area (Å²) in [4.78, 5) is 0.203. The van der Waals surface area contributed by atoms with E-state index in [0.29, 0.717) is 6.54 Å². The predicted octanol–water partition coefficient (Wildman–Crippen LogP) is 3.94. The van der Waals surface area contributed by atoms with Crippen LogP contribution >= 0.6 is 11.8 Å². The molecule has 118 valence electrons. The highest BCUT2D eigenvalue weighted by molar-refractivity contribution is 8.00. The molecule has 0 atom stereocenters. The van der Waals surface area contributed by atoms with Gasteiger partial charge in [-0.2, -0.15) is 13.2 Å². The van der Waals surface area contributed by atoms with E-state index < -0.39 is 5.51 Å². The molecule has 0 amide bonds. The van der Waals surface area contributed by atoms with Crippen molar-refractivity contribution >= 4 is 11.8 Å². The molecule has 2 N–H and O–H groups in total. The minimum atomic E-state index is -4.24. The van der Waals surface area contributed by atoms with Gasteiger partial charge in [-0.3, -0.25) is 0 Å². The smallest absolute Gasteiger partial charge is 0.396 e. The van der Waals surface area contributed by atoms with E-state index in [2.05, 4.69) is 5.32 Å². The Morgan fingerprint density at radius 2 is 1.76 bits per heavy atom. The lowest BCUT2D eigenvalue weighted by molar-refractivity contribution is -0.0328. The van der Waals surface area contributed by atoms with E-state index in [1.807, 2.05) is 0 Å². The number of alkyl halides is 3. The van der Waals surface area contributed by atoms with Crippen LogP contribution in [-0.2, 0) is 6.54 Å². The van der Waals surface area contributed by atoms with Gasteiger partial charge in [-0.25, -0.2) is 0 Å². The van der Waals surface area contributed by atoms with Gasteiger partial charge < -0.3 is 10.4 Å². The van der Waals surface area contributed by atoms with Gasteiger partial charge in [-0.1, -0.05) is 25.0 Å². The largest absolute Gasteiger partial charge is 0.446 e. The first-order valence-corrected chi connectivity index (χ1v) is 7.90. The fraction of sp³-hybridized carbons (Fsp3) is 0.600. The van der Waals surface area contributed by atoms with Gasteiger partial charge in [0, 0.05) is 30.0 Å². The molecule has 0 aromatic heterocycles. The van der Waals surface area contributed by atoms with E-state index >= 15 is 0 Å². The third kappa shape index (κ3) is 5.20. The molecule has 1 aromatic carbocycles. The molecule has 0 saturated heterocycles. The Bertz CT molecular complexity index is 441. The molecule has 21 heavy (non-hydrogen) atoms. The minimum Gasteiger partial charge on any atom is -0.396 e. The quantitative estimate of drug-likeness (QED) is 0.779. The SMILES string of the molecule is OCC1(CNCc2ccc(SC(F)(F)F)cc2)CCCC1. The van der Waals surface area contributed by atoms with Crippen LogP contribution in [0.5, 0.6) is 0 Å². The summed E-state index contributed by atoms with van der Waals surface area (Å²) in [5, 5.41) is 12.8. The minimum absolute atomic E-state index is 0.00786. The van der Waals surface area contributed by atoms with E-state index in [1.54, 1.807) is 12.1 Å². The lowest BCUT2D eigenvalue weighted by Gasteiger charge is -2.26. The van der Waals surface area contributed by atoms with Crippen LogP contribution in [0.4, 0.5) is 13.2 Å². The van der Waals surface area contributed by atoms with Crippen LogP contribution in [0, 0.1) is 5.41 Å². The zero-order chi connectivity index (χ0) is 15.3. The van der Waals surface area contributed by atoms with Crippen molar-refractivity contribution in [2.45, 2.75) is 42.6 Å². The van der Waals surface area contributed by atoms with Crippen molar-refractivity contribution in [3.8, 4) is 0 Å². The number of halogens is 3. The molecule has 0 spiro atoms. The van der Waals surface area contributed by atoms with Crippen molar-refractivity contribution in [3.05, 3.63) is 29.8 Å². The summed E-state index contributed by atoms with van der Waals surface area (Å²) in [7, 11) is 0. The van der Waals surface area contributed by atoms with Crippen LogP contribution in [0.25, 0.3) is 0 Å². The number of thioether (sulfide) groups is 1. The van der Waals surface area contributed by atoms with E-state index in [1.165, 1.54) is 12.1 Å². The molecule has 0 bridgehead atoms. The standard InChI is InChI=1S/C15H20F3NOS/c16-15(17,18)21-13-5-3-12(4-6-13)9-19-10-14(11-20)7-1-2-8-14/h3-6,19-20H,1-2,7-11H2. The average molecular weight is 319 g/mol. The number of rotatable bonds is 6. The number of hydrogen-bond acceptors (Lipinski definition) is 3. The third-order valence-electron chi connectivity index (χ3n) is 3.99. The third-order valence-corrected chi connectivity index (χ3v) is 4.73. The molecule has 0 heterocycles. The summed E-state index contributed by atoms with van der Waals surface area (Å²) < 4.78 is 36.7. The van der Waals surface area contributed by atoms with Crippen molar-refractivity contribution in [3.63, 3.8) is 0 Å². The van der Waals surface area contributed by atoms with Crippen molar-refractivity contribution in [2.75, 3.05) is 13.2 Å². The van der Waals surface area contributed by atoms with Gasteiger partial charge in [0.05, 0.1) is 0 Å². The van der Waals surface area contributed by atoms with Crippen LogP contribution in [-0.4, -0.2) is 23.8 Å². The zero-order valence-corrected chi connectivity index (χ0v) is 12.6. The van der Waals surface area contributed by atoms with Crippen LogP contribution in [0.3, 0.4) is 0 Å². The Labute approximate surface area is 127 Å². The second-order valence-electron chi connectivity index (χ2n) is 5.66. The van der Waals surface area contributed by atoms with Gasteiger partial charge in [-0.05, 0) is 42.3 Å². The lowest BCUT2D eigenvalue weighted by atomic mass is 9.87. The number of hydrogen-bond donors (Lipinski definition) is 2. The number of nitrogens with one attached hydrogen (secondary N) is 1. The maximum Gasteiger partial charge on any atom is 0.446 e. The van der Waals surface area contributed by atoms with E-state index in [-0.39, 0.29) is 28.7 Å². The maximum atomic E-state index is 12.2. The first-order valence-electron chi connectivity index (χ1n) is 7.09. The molecule has 2 rings (SSSR count). The number of benzene rings is 1. The predicted molar refractivity (Wildman–Crippen MR) is 78.0 cm³/mol. The Hall–Kier alpha value is -0.720. The van der Waals surface area contributed by atoms with Gasteiger partial charge in [0.2, 0.25) is 0 Å². The van der Waals surface area contributed by atoms with Crippen molar-refractivity contribution in [1.82, 2.24) is 5.32 Å². The molecular weight excluding hydrogens is 299 g/mol. The highest BCUT2D eigenvalue weighted by Crippen LogP contribution is 2.37. The highest BCUT2D eigenvalue weighted by atomic mass is 32.2. The van der Waals surface area contributed by atoms with E-state index in [0.717, 1.165) is 37.8 Å². The van der Waals surface area contributed by atoms with Crippen LogP contribution in [0.1, 0.15) is 31.2 Å². The Morgan fingerprint density at radius 1 is 1.14 bits per heavy atom. The van der Waals surface area contributed by atoms with E-state index in [4.69, 9.17) is 0 Å². The second-order valence-corrected chi connectivity index (χ2v) is 6.80. The van der Waals surface area contributed by atoms with Crippen molar-refractivity contribution in [2.24, 2.45) is 5.41 Å². The molecule has 0 unspecified atom stereocenters. The molecule has 1 aliphatic carbocycles. The molecular formula is C15H20F3NOS. The second kappa shape index (κ2) is 7.03. The first kappa shape index (κ1) is 16.6. The summed E-state index contributed by atoms with van der Waals surface area (Å²) in [5.74, 6) is 0. The van der Waals surface area contributed by atoms with Crippen molar-refractivity contribution in [1.29, 1.82) is 0 Å². The molecule has 1 aromatic rings. The average Bonchev–Trinajstić information content (AvgIpc) is 2.89. The fourth-order valence-electron chi connectivity index (χ4n) is 2.80. The van der Waals surface area contributed by atoms with Crippen molar-refractivity contribution < 1.29 is 18.3 Å². The normalized spacial score (nSPS) is 18.1. The topological polar surface area (TPSA) is 32.3 Å². The van der Waals surface area contributed by atoms with Gasteiger partial charge in [-0.15, -0.1) is 0 Å². The van der Waals surface area contributed by atoms with Crippen LogP contribution < -0.4 is 5.32 Å². The van der Waals surface area contributed by atoms with Gasteiger partial charge in [0.15, 0.2) is 0 Å².